The molecule has 3 rings (SSSR count). The van der Waals surface area contributed by atoms with Gasteiger partial charge in [0, 0.05) is 24.1 Å². The molecule has 0 bridgehead atoms. The first-order valence-electron chi connectivity index (χ1n) is 9.30. The number of ether oxygens (including phenoxy) is 3. The van der Waals surface area contributed by atoms with Crippen LogP contribution in [-0.4, -0.2) is 57.9 Å². The first kappa shape index (κ1) is 21.5. The molecule has 156 valence electrons. The molecule has 1 aliphatic rings. The highest BCUT2D eigenvalue weighted by molar-refractivity contribution is 9.10. The number of carbonyl (C=O) groups is 1. The molecule has 1 N–H and O–H groups in total. The summed E-state index contributed by atoms with van der Waals surface area (Å²) in [7, 11) is 3.17. The molecule has 0 saturated carbocycles. The van der Waals surface area contributed by atoms with Gasteiger partial charge in [-0.15, -0.1) is 0 Å². The van der Waals surface area contributed by atoms with Crippen LogP contribution in [0.1, 0.15) is 22.0 Å². The van der Waals surface area contributed by atoms with Crippen LogP contribution in [-0.2, 0) is 4.74 Å². The largest absolute Gasteiger partial charge is 0.493 e. The zero-order valence-electron chi connectivity index (χ0n) is 16.4. The van der Waals surface area contributed by atoms with Crippen LogP contribution in [0, 0.1) is 5.82 Å². The van der Waals surface area contributed by atoms with Crippen LogP contribution < -0.4 is 14.8 Å². The number of rotatable bonds is 7. The van der Waals surface area contributed by atoms with Crippen molar-refractivity contribution in [1.29, 1.82) is 0 Å². The van der Waals surface area contributed by atoms with E-state index in [1.807, 2.05) is 18.2 Å². The number of benzene rings is 2. The Morgan fingerprint density at radius 2 is 1.90 bits per heavy atom. The average Bonchev–Trinajstić information content (AvgIpc) is 2.74. The summed E-state index contributed by atoms with van der Waals surface area (Å²) in [5.41, 5.74) is 0.988. The van der Waals surface area contributed by atoms with E-state index in [1.54, 1.807) is 20.3 Å². The molecular formula is C21H24BrFN2O4. The first-order chi connectivity index (χ1) is 14.0. The summed E-state index contributed by atoms with van der Waals surface area (Å²) in [5.74, 6) is 0.242. The van der Waals surface area contributed by atoms with Crippen molar-refractivity contribution in [3.63, 3.8) is 0 Å². The molecule has 1 saturated heterocycles. The lowest BCUT2D eigenvalue weighted by Gasteiger charge is -2.35. The van der Waals surface area contributed by atoms with Gasteiger partial charge < -0.3 is 19.5 Å². The maximum Gasteiger partial charge on any atom is 0.254 e. The van der Waals surface area contributed by atoms with Gasteiger partial charge in [-0.25, -0.2) is 4.39 Å². The van der Waals surface area contributed by atoms with Crippen LogP contribution in [0.4, 0.5) is 4.39 Å². The van der Waals surface area contributed by atoms with Gasteiger partial charge in [-0.3, -0.25) is 9.69 Å². The molecule has 2 aromatic rings. The summed E-state index contributed by atoms with van der Waals surface area (Å²) in [5, 5.41) is 2.87. The van der Waals surface area contributed by atoms with Crippen molar-refractivity contribution in [1.82, 2.24) is 10.2 Å². The lowest BCUT2D eigenvalue weighted by atomic mass is 10.0. The summed E-state index contributed by atoms with van der Waals surface area (Å²) >= 11 is 3.20. The molecule has 0 radical (unpaired) electrons. The fourth-order valence-electron chi connectivity index (χ4n) is 3.37. The molecular weight excluding hydrogens is 443 g/mol. The Kier molecular flexibility index (Phi) is 7.46. The fourth-order valence-corrected chi connectivity index (χ4v) is 3.70. The van der Waals surface area contributed by atoms with Crippen molar-refractivity contribution >= 4 is 21.8 Å². The molecule has 0 aliphatic carbocycles. The van der Waals surface area contributed by atoms with E-state index in [2.05, 4.69) is 26.1 Å². The van der Waals surface area contributed by atoms with Gasteiger partial charge in [0.1, 0.15) is 5.82 Å². The van der Waals surface area contributed by atoms with Crippen molar-refractivity contribution < 1.29 is 23.4 Å². The minimum atomic E-state index is -0.564. The highest BCUT2D eigenvalue weighted by Crippen LogP contribution is 2.32. The van der Waals surface area contributed by atoms with E-state index in [-0.39, 0.29) is 11.6 Å². The van der Waals surface area contributed by atoms with Gasteiger partial charge in [0.25, 0.3) is 5.91 Å². The Morgan fingerprint density at radius 1 is 1.17 bits per heavy atom. The Morgan fingerprint density at radius 3 is 2.55 bits per heavy atom. The number of morpholine rings is 1. The van der Waals surface area contributed by atoms with E-state index in [9.17, 15) is 9.18 Å². The Bertz CT molecular complexity index is 859. The molecule has 29 heavy (non-hydrogen) atoms. The van der Waals surface area contributed by atoms with Gasteiger partial charge in [-0.1, -0.05) is 22.0 Å². The van der Waals surface area contributed by atoms with E-state index < -0.39 is 11.7 Å². The van der Waals surface area contributed by atoms with Crippen molar-refractivity contribution in [2.24, 2.45) is 0 Å². The maximum absolute atomic E-state index is 14.1. The summed E-state index contributed by atoms with van der Waals surface area (Å²) in [6.07, 6.45) is 0. The molecule has 0 aromatic heterocycles. The van der Waals surface area contributed by atoms with Crippen LogP contribution in [0.25, 0.3) is 0 Å². The number of nitrogens with zero attached hydrogens (tertiary/aromatic N) is 1. The second-order valence-electron chi connectivity index (χ2n) is 6.61. The average molecular weight is 467 g/mol. The Hall–Kier alpha value is -2.16. The van der Waals surface area contributed by atoms with Gasteiger partial charge in [-0.05, 0) is 35.9 Å². The van der Waals surface area contributed by atoms with E-state index in [0.29, 0.717) is 35.7 Å². The third-order valence-corrected chi connectivity index (χ3v) is 5.40. The van der Waals surface area contributed by atoms with Gasteiger partial charge in [0.15, 0.2) is 11.5 Å². The molecule has 1 aliphatic heterocycles. The highest BCUT2D eigenvalue weighted by atomic mass is 79.9. The molecule has 1 amide bonds. The summed E-state index contributed by atoms with van der Waals surface area (Å²) in [4.78, 5) is 14.8. The van der Waals surface area contributed by atoms with Crippen molar-refractivity contribution in [3.05, 3.63) is 57.8 Å². The SMILES string of the molecule is COc1ccc(C(CNC(=O)c2ccc(Br)cc2F)N2CCOCC2)cc1OC. The predicted molar refractivity (Wildman–Crippen MR) is 111 cm³/mol. The van der Waals surface area contributed by atoms with Crippen LogP contribution in [0.15, 0.2) is 40.9 Å². The van der Waals surface area contributed by atoms with Gasteiger partial charge >= 0.3 is 0 Å². The van der Waals surface area contributed by atoms with Crippen LogP contribution in [0.3, 0.4) is 0 Å². The lowest BCUT2D eigenvalue weighted by molar-refractivity contribution is 0.0162. The molecule has 1 atom stereocenters. The minimum Gasteiger partial charge on any atom is -0.493 e. The highest BCUT2D eigenvalue weighted by Gasteiger charge is 2.25. The number of hydrogen-bond acceptors (Lipinski definition) is 5. The summed E-state index contributed by atoms with van der Waals surface area (Å²) in [6.45, 7) is 3.05. The smallest absolute Gasteiger partial charge is 0.254 e. The second kappa shape index (κ2) is 10.0. The Labute approximate surface area is 178 Å². The predicted octanol–water partition coefficient (Wildman–Crippen LogP) is 3.41. The first-order valence-corrected chi connectivity index (χ1v) is 10.1. The number of methoxy groups -OCH3 is 2. The summed E-state index contributed by atoms with van der Waals surface area (Å²) in [6, 6.07) is 9.99. The third-order valence-electron chi connectivity index (χ3n) is 4.91. The topological polar surface area (TPSA) is 60.0 Å². The third kappa shape index (κ3) is 5.26. The fraction of sp³-hybridized carbons (Fsp3) is 0.381. The molecule has 2 aromatic carbocycles. The number of halogens is 2. The summed E-state index contributed by atoms with van der Waals surface area (Å²) < 4.78 is 30.9. The van der Waals surface area contributed by atoms with Crippen molar-refractivity contribution in [3.8, 4) is 11.5 Å². The number of amides is 1. The van der Waals surface area contributed by atoms with Crippen LogP contribution >= 0.6 is 15.9 Å². The second-order valence-corrected chi connectivity index (χ2v) is 7.53. The van der Waals surface area contributed by atoms with Crippen LogP contribution in [0.2, 0.25) is 0 Å². The number of carbonyl (C=O) groups excluding carboxylic acids is 1. The number of hydrogen-bond donors (Lipinski definition) is 1. The molecule has 1 fully saturated rings. The zero-order valence-corrected chi connectivity index (χ0v) is 18.0. The monoisotopic (exact) mass is 466 g/mol. The molecule has 8 heteroatoms. The molecule has 0 spiro atoms. The van der Waals surface area contributed by atoms with Gasteiger partial charge in [0.05, 0.1) is 39.0 Å². The molecule has 1 unspecified atom stereocenters. The number of nitrogens with one attached hydrogen (secondary N) is 1. The van der Waals surface area contributed by atoms with Crippen molar-refractivity contribution in [2.45, 2.75) is 6.04 Å². The minimum absolute atomic E-state index is 0.0150. The van der Waals surface area contributed by atoms with E-state index in [1.165, 1.54) is 12.1 Å². The van der Waals surface area contributed by atoms with E-state index >= 15 is 0 Å². The van der Waals surface area contributed by atoms with Gasteiger partial charge in [0.2, 0.25) is 0 Å². The lowest BCUT2D eigenvalue weighted by Crippen LogP contribution is -2.44. The van der Waals surface area contributed by atoms with E-state index in [0.717, 1.165) is 18.7 Å². The molecule has 6 nitrogen and oxygen atoms in total. The molecule has 1 heterocycles. The van der Waals surface area contributed by atoms with Gasteiger partial charge in [-0.2, -0.15) is 0 Å². The standard InChI is InChI=1S/C21H24BrFN2O4/c1-27-19-6-3-14(11-20(19)28-2)18(25-7-9-29-10-8-25)13-24-21(26)16-5-4-15(22)12-17(16)23/h3-6,11-12,18H,7-10,13H2,1-2H3,(H,24,26). The Balaban J connectivity index is 1.81. The van der Waals surface area contributed by atoms with Crippen molar-refractivity contribution in [2.75, 3.05) is 47.1 Å². The zero-order chi connectivity index (χ0) is 20.8. The van der Waals surface area contributed by atoms with Crippen LogP contribution in [0.5, 0.6) is 11.5 Å². The normalized spacial score (nSPS) is 15.6. The maximum atomic E-state index is 14.1. The van der Waals surface area contributed by atoms with E-state index in [4.69, 9.17) is 14.2 Å². The quantitative estimate of drug-likeness (QED) is 0.677.